The zero-order chi connectivity index (χ0) is 21.7. The molecule has 1 aromatic heterocycles. The summed E-state index contributed by atoms with van der Waals surface area (Å²) < 4.78 is 0.413. The van der Waals surface area contributed by atoms with E-state index in [0.717, 1.165) is 23.0 Å². The third kappa shape index (κ3) is 3.54. The Hall–Kier alpha value is -2.59. The quantitative estimate of drug-likeness (QED) is 0.303. The normalized spacial score (nSPS) is 18.5. The van der Waals surface area contributed by atoms with Crippen LogP contribution in [-0.4, -0.2) is 34.6 Å². The van der Waals surface area contributed by atoms with Crippen LogP contribution in [-0.2, 0) is 11.8 Å². The van der Waals surface area contributed by atoms with Crippen LogP contribution in [0.1, 0.15) is 42.3 Å². The number of Topliss-reactive ketones (excluding diaryl/α,β-unsaturated/α-hetero) is 1. The minimum atomic E-state index is -1.13. The standard InChI is InChI=1S/C20H18BrN5O3S/c1-19(2,3)12-9-14-15(16(10-12)26(28)29)11-20(21,17(14)27)30-18-22-23-24-25(18)13-7-5-4-6-8-13/h4-10H,11H2,1-3H3. The number of carbonyl (C=O) groups excluding carboxylic acids is 1. The summed E-state index contributed by atoms with van der Waals surface area (Å²) in [6.07, 6.45) is 0.161. The van der Waals surface area contributed by atoms with Crippen LogP contribution >= 0.6 is 27.7 Å². The molecule has 3 aromatic rings. The van der Waals surface area contributed by atoms with E-state index in [0.29, 0.717) is 16.3 Å². The second-order valence-electron chi connectivity index (χ2n) is 8.07. The van der Waals surface area contributed by atoms with E-state index < -0.39 is 8.58 Å². The first kappa shape index (κ1) is 20.7. The summed E-state index contributed by atoms with van der Waals surface area (Å²) in [5.41, 5.74) is 1.94. The third-order valence-electron chi connectivity index (χ3n) is 4.97. The Morgan fingerprint density at radius 1 is 1.23 bits per heavy atom. The molecule has 1 unspecified atom stereocenters. The van der Waals surface area contributed by atoms with E-state index in [-0.39, 0.29) is 23.3 Å². The van der Waals surface area contributed by atoms with Crippen molar-refractivity contribution in [2.75, 3.05) is 0 Å². The lowest BCUT2D eigenvalue weighted by atomic mass is 9.85. The topological polar surface area (TPSA) is 104 Å². The molecule has 154 valence electrons. The lowest BCUT2D eigenvalue weighted by Gasteiger charge is -2.19. The summed E-state index contributed by atoms with van der Waals surface area (Å²) in [4.78, 5) is 24.7. The van der Waals surface area contributed by atoms with Gasteiger partial charge < -0.3 is 0 Å². The molecule has 0 amide bonds. The van der Waals surface area contributed by atoms with E-state index in [2.05, 4.69) is 31.5 Å². The molecule has 0 bridgehead atoms. The predicted octanol–water partition coefficient (Wildman–Crippen LogP) is 4.49. The largest absolute Gasteiger partial charge is 0.292 e. The van der Waals surface area contributed by atoms with Crippen LogP contribution < -0.4 is 0 Å². The van der Waals surface area contributed by atoms with Gasteiger partial charge in [-0.25, -0.2) is 0 Å². The van der Waals surface area contributed by atoms with Gasteiger partial charge in [0.15, 0.2) is 5.78 Å². The number of halogens is 1. The molecule has 8 nitrogen and oxygen atoms in total. The Balaban J connectivity index is 1.75. The molecule has 30 heavy (non-hydrogen) atoms. The number of nitrogens with zero attached hydrogens (tertiary/aromatic N) is 5. The number of ketones is 1. The zero-order valence-electron chi connectivity index (χ0n) is 16.5. The Bertz CT molecular complexity index is 1160. The van der Waals surface area contributed by atoms with Crippen molar-refractivity contribution in [2.45, 2.75) is 41.4 Å². The summed E-state index contributed by atoms with van der Waals surface area (Å²) in [5.74, 6) is -0.223. The molecule has 1 atom stereocenters. The molecule has 0 saturated carbocycles. The fraction of sp³-hybridized carbons (Fsp3) is 0.300. The molecular weight excluding hydrogens is 470 g/mol. The summed E-state index contributed by atoms with van der Waals surface area (Å²) in [7, 11) is 0. The number of hydrogen-bond donors (Lipinski definition) is 0. The number of alkyl halides is 1. The van der Waals surface area contributed by atoms with E-state index in [1.165, 1.54) is 0 Å². The monoisotopic (exact) mass is 487 g/mol. The number of benzene rings is 2. The van der Waals surface area contributed by atoms with Crippen molar-refractivity contribution in [1.82, 2.24) is 20.2 Å². The van der Waals surface area contributed by atoms with Gasteiger partial charge in [0.05, 0.1) is 10.6 Å². The number of hydrogen-bond acceptors (Lipinski definition) is 7. The number of para-hydroxylation sites is 1. The van der Waals surface area contributed by atoms with Gasteiger partial charge in [-0.05, 0) is 39.6 Å². The Morgan fingerprint density at radius 2 is 1.93 bits per heavy atom. The molecule has 1 aliphatic carbocycles. The van der Waals surface area contributed by atoms with Gasteiger partial charge in [0.25, 0.3) is 5.69 Å². The van der Waals surface area contributed by atoms with Gasteiger partial charge in [0, 0.05) is 23.6 Å². The number of tetrazole rings is 1. The highest BCUT2D eigenvalue weighted by molar-refractivity contribution is 9.12. The van der Waals surface area contributed by atoms with Crippen LogP contribution in [0.3, 0.4) is 0 Å². The van der Waals surface area contributed by atoms with Crippen molar-refractivity contribution in [3.8, 4) is 5.69 Å². The first-order valence-corrected chi connectivity index (χ1v) is 10.8. The Morgan fingerprint density at radius 3 is 2.57 bits per heavy atom. The van der Waals surface area contributed by atoms with E-state index in [4.69, 9.17) is 0 Å². The van der Waals surface area contributed by atoms with Crippen molar-refractivity contribution in [3.63, 3.8) is 0 Å². The maximum absolute atomic E-state index is 13.4. The van der Waals surface area contributed by atoms with E-state index in [1.54, 1.807) is 16.8 Å². The Labute approximate surface area is 185 Å². The first-order valence-electron chi connectivity index (χ1n) is 9.18. The number of nitro groups is 1. The van der Waals surface area contributed by atoms with Crippen molar-refractivity contribution in [2.24, 2.45) is 0 Å². The first-order chi connectivity index (χ1) is 14.1. The van der Waals surface area contributed by atoms with Gasteiger partial charge in [-0.2, -0.15) is 4.68 Å². The second kappa shape index (κ2) is 7.28. The average Bonchev–Trinajstić information content (AvgIpc) is 3.24. The van der Waals surface area contributed by atoms with Crippen LogP contribution in [0.15, 0.2) is 47.6 Å². The van der Waals surface area contributed by atoms with Crippen LogP contribution in [0.25, 0.3) is 5.69 Å². The van der Waals surface area contributed by atoms with Crippen LogP contribution in [0.2, 0.25) is 0 Å². The fourth-order valence-corrected chi connectivity index (χ4v) is 5.29. The molecule has 0 aliphatic heterocycles. The molecular formula is C20H18BrN5O3S. The number of carbonyl (C=O) groups is 1. The van der Waals surface area contributed by atoms with Crippen molar-refractivity contribution in [3.05, 3.63) is 69.3 Å². The van der Waals surface area contributed by atoms with Crippen LogP contribution in [0.4, 0.5) is 5.69 Å². The number of fused-ring (bicyclic) bond motifs is 1. The molecule has 0 spiro atoms. The molecule has 2 aromatic carbocycles. The van der Waals surface area contributed by atoms with Gasteiger partial charge in [-0.3, -0.25) is 14.9 Å². The summed E-state index contributed by atoms with van der Waals surface area (Å²) >= 11 is 4.71. The van der Waals surface area contributed by atoms with E-state index in [1.807, 2.05) is 51.1 Å². The minimum Gasteiger partial charge on any atom is -0.292 e. The zero-order valence-corrected chi connectivity index (χ0v) is 18.9. The van der Waals surface area contributed by atoms with Crippen LogP contribution in [0, 0.1) is 10.1 Å². The van der Waals surface area contributed by atoms with Gasteiger partial charge in [-0.15, -0.1) is 5.10 Å². The Kier molecular flexibility index (Phi) is 5.01. The summed E-state index contributed by atoms with van der Waals surface area (Å²) in [6.45, 7) is 5.88. The molecule has 1 aliphatic rings. The van der Waals surface area contributed by atoms with Gasteiger partial charge in [-0.1, -0.05) is 66.7 Å². The predicted molar refractivity (Wildman–Crippen MR) is 116 cm³/mol. The molecule has 1 heterocycles. The lowest BCUT2D eigenvalue weighted by Crippen LogP contribution is -2.25. The molecule has 4 rings (SSSR count). The highest BCUT2D eigenvalue weighted by Gasteiger charge is 2.49. The average molecular weight is 488 g/mol. The van der Waals surface area contributed by atoms with E-state index >= 15 is 0 Å². The van der Waals surface area contributed by atoms with Gasteiger partial charge >= 0.3 is 0 Å². The number of nitro benzene ring substituents is 1. The molecule has 0 radical (unpaired) electrons. The van der Waals surface area contributed by atoms with Gasteiger partial charge in [0.2, 0.25) is 5.16 Å². The maximum atomic E-state index is 13.4. The highest BCUT2D eigenvalue weighted by Crippen LogP contribution is 2.50. The number of rotatable bonds is 4. The molecule has 0 saturated heterocycles. The van der Waals surface area contributed by atoms with Crippen molar-refractivity contribution in [1.29, 1.82) is 0 Å². The van der Waals surface area contributed by atoms with Crippen LogP contribution in [0.5, 0.6) is 0 Å². The molecule has 0 fully saturated rings. The minimum absolute atomic E-state index is 0.0321. The van der Waals surface area contributed by atoms with Crippen molar-refractivity contribution < 1.29 is 9.72 Å². The summed E-state index contributed by atoms with van der Waals surface area (Å²) in [6, 6.07) is 12.7. The maximum Gasteiger partial charge on any atom is 0.273 e. The summed E-state index contributed by atoms with van der Waals surface area (Å²) in [5, 5.41) is 24.0. The SMILES string of the molecule is CC(C)(C)c1cc2c(c([N+](=O)[O-])c1)CC(Br)(Sc1nnnn1-c1ccccc1)C2=O. The lowest BCUT2D eigenvalue weighted by molar-refractivity contribution is -0.385. The second-order valence-corrected chi connectivity index (χ2v) is 11.2. The van der Waals surface area contributed by atoms with Gasteiger partial charge in [0.1, 0.15) is 3.66 Å². The van der Waals surface area contributed by atoms with Crippen molar-refractivity contribution >= 4 is 39.2 Å². The highest BCUT2D eigenvalue weighted by atomic mass is 79.9. The number of thioether (sulfide) groups is 1. The molecule has 0 N–H and O–H groups in total. The number of aromatic nitrogens is 4. The molecule has 10 heteroatoms. The third-order valence-corrected chi connectivity index (χ3v) is 7.19. The smallest absolute Gasteiger partial charge is 0.273 e. The fourth-order valence-electron chi connectivity index (χ4n) is 3.35. The van der Waals surface area contributed by atoms with E-state index in [9.17, 15) is 14.9 Å².